The Morgan fingerprint density at radius 1 is 1.16 bits per heavy atom. The van der Waals surface area contributed by atoms with Crippen LogP contribution in [0.15, 0.2) is 30.3 Å². The minimum Gasteiger partial charge on any atom is -0.461 e. The van der Waals surface area contributed by atoms with Gasteiger partial charge >= 0.3 is 5.97 Å². The van der Waals surface area contributed by atoms with Crippen molar-refractivity contribution in [2.45, 2.75) is 13.5 Å². The molecule has 0 bridgehead atoms. The summed E-state index contributed by atoms with van der Waals surface area (Å²) in [5.41, 5.74) is 1.41. The first-order valence-electron chi connectivity index (χ1n) is 7.84. The van der Waals surface area contributed by atoms with Gasteiger partial charge in [-0.1, -0.05) is 11.6 Å². The van der Waals surface area contributed by atoms with E-state index in [1.54, 1.807) is 37.3 Å². The van der Waals surface area contributed by atoms with Crippen LogP contribution in [0.5, 0.6) is 0 Å². The smallest absolute Gasteiger partial charge is 0.358 e. The molecule has 1 aromatic heterocycles. The average Bonchev–Trinajstić information content (AvgIpc) is 3.25. The number of carbonyl (C=O) groups excluding carboxylic acids is 2. The second kappa shape index (κ2) is 7.83. The molecule has 0 spiro atoms. The number of hydrogen-bond acceptors (Lipinski definition) is 4. The van der Waals surface area contributed by atoms with Crippen molar-refractivity contribution in [2.75, 3.05) is 6.61 Å². The van der Waals surface area contributed by atoms with E-state index in [-0.39, 0.29) is 24.6 Å². The van der Waals surface area contributed by atoms with Gasteiger partial charge in [0.05, 0.1) is 6.61 Å². The maximum Gasteiger partial charge on any atom is 0.358 e. The van der Waals surface area contributed by atoms with E-state index in [9.17, 15) is 9.59 Å². The Kier molecular flexibility index (Phi) is 5.53. The summed E-state index contributed by atoms with van der Waals surface area (Å²) in [7, 11) is 0. The molecule has 1 saturated carbocycles. The number of nitrogens with zero attached hydrogens (tertiary/aromatic N) is 2. The van der Waals surface area contributed by atoms with Crippen LogP contribution in [0.1, 0.15) is 33.5 Å². The highest BCUT2D eigenvalue weighted by Crippen LogP contribution is 2.30. The molecule has 1 aliphatic carbocycles. The summed E-state index contributed by atoms with van der Waals surface area (Å²) < 4.78 is 6.53. The quantitative estimate of drug-likeness (QED) is 0.589. The highest BCUT2D eigenvalue weighted by molar-refractivity contribution is 6.30. The maximum absolute atomic E-state index is 12.5. The van der Waals surface area contributed by atoms with Gasteiger partial charge in [-0.05, 0) is 62.9 Å². The van der Waals surface area contributed by atoms with Crippen LogP contribution < -0.4 is 0 Å². The Morgan fingerprint density at radius 2 is 1.84 bits per heavy atom. The van der Waals surface area contributed by atoms with Crippen molar-refractivity contribution in [2.24, 2.45) is 0 Å². The van der Waals surface area contributed by atoms with Gasteiger partial charge in [0.2, 0.25) is 0 Å². The van der Waals surface area contributed by atoms with Gasteiger partial charge in [0.25, 0.3) is 0 Å². The molecule has 6 heteroatoms. The van der Waals surface area contributed by atoms with Crippen LogP contribution >= 0.6 is 11.6 Å². The van der Waals surface area contributed by atoms with E-state index in [0.717, 1.165) is 5.92 Å². The van der Waals surface area contributed by atoms with Crippen LogP contribution in [0.2, 0.25) is 5.02 Å². The van der Waals surface area contributed by atoms with Crippen LogP contribution in [-0.4, -0.2) is 28.1 Å². The summed E-state index contributed by atoms with van der Waals surface area (Å²) in [6.45, 7) is 2.01. The molecule has 1 fully saturated rings. The number of rotatable bonds is 6. The van der Waals surface area contributed by atoms with Crippen molar-refractivity contribution in [3.63, 3.8) is 0 Å². The molecule has 0 saturated heterocycles. The average molecular weight is 356 g/mol. The van der Waals surface area contributed by atoms with Crippen molar-refractivity contribution in [1.29, 1.82) is 0 Å². The Hall–Kier alpha value is -2.14. The third-order valence-electron chi connectivity index (χ3n) is 3.68. The number of Topliss-reactive ketones (excluding diaryl/α,β-unsaturated/α-hetero) is 1. The topological polar surface area (TPSA) is 61.2 Å². The summed E-state index contributed by atoms with van der Waals surface area (Å²) >= 11 is 5.86. The first-order valence-corrected chi connectivity index (χ1v) is 8.22. The minimum absolute atomic E-state index is 0.0154. The number of ether oxygens (including phenoxy) is 1. The van der Waals surface area contributed by atoms with Gasteiger partial charge < -0.3 is 4.74 Å². The molecule has 127 valence electrons. The van der Waals surface area contributed by atoms with Gasteiger partial charge in [-0.25, -0.2) is 4.79 Å². The number of hydrogen-bond donors (Lipinski definition) is 0. The third-order valence-corrected chi connectivity index (χ3v) is 3.93. The van der Waals surface area contributed by atoms with Gasteiger partial charge in [-0.3, -0.25) is 9.48 Å². The molecule has 2 aromatic rings. The molecule has 1 heterocycles. The Balaban J connectivity index is 1.86. The minimum atomic E-state index is -0.506. The summed E-state index contributed by atoms with van der Waals surface area (Å²) in [4.78, 5) is 24.5. The standard InChI is InChI=1S/C19H16ClN2O3/c1-2-25-19(24)16-11-17(13-5-3-4-6-13)22(21-16)12-18(23)14-7-9-15(20)10-8-14/h3-11H,2,12H2,1H3. The number of aromatic nitrogens is 2. The van der Waals surface area contributed by atoms with Gasteiger partial charge in [0.15, 0.2) is 11.5 Å². The highest BCUT2D eigenvalue weighted by Gasteiger charge is 2.26. The lowest BCUT2D eigenvalue weighted by Crippen LogP contribution is -2.16. The summed E-state index contributed by atoms with van der Waals surface area (Å²) in [6, 6.07) is 8.31. The SMILES string of the molecule is CCOC(=O)c1cc([C]2[CH][CH][CH][CH]2)n(CC(=O)c2ccc(Cl)cc2)n1. The Labute approximate surface area is 151 Å². The monoisotopic (exact) mass is 355 g/mol. The van der Waals surface area contributed by atoms with Gasteiger partial charge in [0, 0.05) is 22.2 Å². The molecule has 0 aliphatic heterocycles. The summed E-state index contributed by atoms with van der Waals surface area (Å²) in [5.74, 6) is 0.253. The summed E-state index contributed by atoms with van der Waals surface area (Å²) in [6.07, 6.45) is 7.57. The van der Waals surface area contributed by atoms with Crippen molar-refractivity contribution in [3.05, 3.63) is 83.9 Å². The normalized spacial score (nSPS) is 14.6. The fraction of sp³-hybridized carbons (Fsp3) is 0.158. The van der Waals surface area contributed by atoms with Crippen LogP contribution in [0.25, 0.3) is 0 Å². The molecule has 0 atom stereocenters. The summed E-state index contributed by atoms with van der Waals surface area (Å²) in [5, 5.41) is 4.83. The lowest BCUT2D eigenvalue weighted by Gasteiger charge is -2.11. The zero-order valence-corrected chi connectivity index (χ0v) is 14.4. The van der Waals surface area contributed by atoms with E-state index in [2.05, 4.69) is 5.10 Å². The van der Waals surface area contributed by atoms with E-state index in [1.165, 1.54) is 4.68 Å². The van der Waals surface area contributed by atoms with Gasteiger partial charge in [0.1, 0.15) is 6.54 Å². The molecule has 0 amide bonds. The van der Waals surface area contributed by atoms with E-state index in [0.29, 0.717) is 16.3 Å². The maximum atomic E-state index is 12.5. The largest absolute Gasteiger partial charge is 0.461 e. The van der Waals surface area contributed by atoms with Crippen molar-refractivity contribution < 1.29 is 14.3 Å². The highest BCUT2D eigenvalue weighted by atomic mass is 35.5. The zero-order chi connectivity index (χ0) is 17.8. The fourth-order valence-corrected chi connectivity index (χ4v) is 2.61. The Morgan fingerprint density at radius 3 is 2.48 bits per heavy atom. The first kappa shape index (κ1) is 17.7. The molecular weight excluding hydrogens is 340 g/mol. The van der Waals surface area contributed by atoms with Crippen LogP contribution in [0, 0.1) is 31.6 Å². The van der Waals surface area contributed by atoms with E-state index in [4.69, 9.17) is 16.3 Å². The number of benzene rings is 1. The molecule has 3 rings (SSSR count). The molecule has 0 unspecified atom stereocenters. The lowest BCUT2D eigenvalue weighted by molar-refractivity contribution is 0.0517. The molecule has 5 nitrogen and oxygen atoms in total. The second-order valence-electron chi connectivity index (χ2n) is 5.40. The fourth-order valence-electron chi connectivity index (χ4n) is 2.48. The molecule has 0 N–H and O–H groups in total. The predicted octanol–water partition coefficient (Wildman–Crippen LogP) is 3.35. The molecular formula is C19H16ClN2O3. The van der Waals surface area contributed by atoms with Crippen LogP contribution in [-0.2, 0) is 11.3 Å². The first-order chi connectivity index (χ1) is 12.1. The number of esters is 1. The molecule has 1 aliphatic rings. The van der Waals surface area contributed by atoms with E-state index >= 15 is 0 Å². The zero-order valence-electron chi connectivity index (χ0n) is 13.6. The number of carbonyl (C=O) groups is 2. The number of ketones is 1. The van der Waals surface area contributed by atoms with Crippen molar-refractivity contribution >= 4 is 23.4 Å². The molecule has 25 heavy (non-hydrogen) atoms. The van der Waals surface area contributed by atoms with Crippen LogP contribution in [0.3, 0.4) is 0 Å². The predicted molar refractivity (Wildman–Crippen MR) is 93.5 cm³/mol. The molecule has 1 aromatic carbocycles. The van der Waals surface area contributed by atoms with Crippen LogP contribution in [0.4, 0.5) is 0 Å². The number of halogens is 1. The Bertz CT molecular complexity index is 761. The van der Waals surface area contributed by atoms with Crippen molar-refractivity contribution in [1.82, 2.24) is 9.78 Å². The lowest BCUT2D eigenvalue weighted by atomic mass is 10.0. The van der Waals surface area contributed by atoms with Gasteiger partial charge in [-0.15, -0.1) is 0 Å². The second-order valence-corrected chi connectivity index (χ2v) is 5.83. The van der Waals surface area contributed by atoms with Crippen molar-refractivity contribution in [3.8, 4) is 0 Å². The van der Waals surface area contributed by atoms with E-state index in [1.807, 2.05) is 25.7 Å². The van der Waals surface area contributed by atoms with Gasteiger partial charge in [-0.2, -0.15) is 5.10 Å². The van der Waals surface area contributed by atoms with E-state index < -0.39 is 5.97 Å². The molecule has 5 radical (unpaired) electrons. The third kappa shape index (κ3) is 4.10.